The molecule has 3 atom stereocenters. The van der Waals surface area contributed by atoms with Gasteiger partial charge in [-0.1, -0.05) is 33.5 Å². The topological polar surface area (TPSA) is 134 Å². The molecule has 0 radical (unpaired) electrons. The first-order valence-corrected chi connectivity index (χ1v) is 15.4. The fourth-order valence-corrected chi connectivity index (χ4v) is 8.58. The van der Waals surface area contributed by atoms with E-state index >= 15 is 4.39 Å². The molecule has 0 bridgehead atoms. The smallest absolute Gasteiger partial charge is 0.338 e. The normalized spacial score (nSPS) is 26.9. The Labute approximate surface area is 260 Å². The van der Waals surface area contributed by atoms with Crippen molar-refractivity contribution in [2.45, 2.75) is 74.9 Å². The molecule has 10 nitrogen and oxygen atoms in total. The van der Waals surface area contributed by atoms with Crippen molar-refractivity contribution >= 4 is 29.2 Å². The van der Waals surface area contributed by atoms with Crippen LogP contribution in [-0.2, 0) is 16.8 Å². The third kappa shape index (κ3) is 3.72. The predicted octanol–water partition coefficient (Wildman–Crippen LogP) is 7.38. The van der Waals surface area contributed by atoms with Crippen LogP contribution in [0.2, 0.25) is 10.0 Å². The molecule has 228 valence electrons. The molecule has 8 rings (SSSR count). The summed E-state index contributed by atoms with van der Waals surface area (Å²) in [4.78, 5) is 20.4. The molecule has 1 spiro atoms. The molecule has 4 aromatic rings. The molecule has 0 saturated heterocycles. The maximum atomic E-state index is 15.2. The van der Waals surface area contributed by atoms with E-state index in [0.29, 0.717) is 39.7 Å². The van der Waals surface area contributed by atoms with Crippen LogP contribution in [0.25, 0.3) is 22.6 Å². The van der Waals surface area contributed by atoms with Gasteiger partial charge in [0.25, 0.3) is 0 Å². The van der Waals surface area contributed by atoms with Gasteiger partial charge in [0.1, 0.15) is 23.0 Å². The van der Waals surface area contributed by atoms with Crippen LogP contribution in [0.5, 0.6) is 5.75 Å². The molecule has 13 heteroatoms. The first kappa shape index (κ1) is 28.0. The number of pyridine rings is 1. The van der Waals surface area contributed by atoms with Gasteiger partial charge in [-0.3, -0.25) is 4.98 Å². The van der Waals surface area contributed by atoms with E-state index in [1.807, 2.05) is 0 Å². The lowest BCUT2D eigenvalue weighted by molar-refractivity contribution is -0.249. The highest BCUT2D eigenvalue weighted by molar-refractivity contribution is 6.38. The molecule has 3 unspecified atom stereocenters. The Morgan fingerprint density at radius 2 is 1.80 bits per heavy atom. The summed E-state index contributed by atoms with van der Waals surface area (Å²) >= 11 is 13.0. The predicted molar refractivity (Wildman–Crippen MR) is 154 cm³/mol. The largest absolute Gasteiger partial charge is 0.497 e. The van der Waals surface area contributed by atoms with Gasteiger partial charge >= 0.3 is 5.97 Å². The number of carboxylic acid groups (broad SMARTS) is 1. The summed E-state index contributed by atoms with van der Waals surface area (Å²) in [5.74, 6) is -0.638. The lowest BCUT2D eigenvalue weighted by Crippen LogP contribution is -2.68. The average molecular weight is 641 g/mol. The van der Waals surface area contributed by atoms with Crippen LogP contribution in [0.1, 0.15) is 84.9 Å². The minimum absolute atomic E-state index is 0.0117. The van der Waals surface area contributed by atoms with E-state index in [0.717, 1.165) is 68.8 Å². The third-order valence-electron chi connectivity index (χ3n) is 10.6. The van der Waals surface area contributed by atoms with E-state index in [1.165, 1.54) is 25.6 Å². The van der Waals surface area contributed by atoms with Crippen LogP contribution < -0.4 is 4.74 Å². The van der Waals surface area contributed by atoms with Crippen molar-refractivity contribution in [3.8, 4) is 28.4 Å². The number of carbonyl (C=O) groups is 1. The zero-order valence-corrected chi connectivity index (χ0v) is 25.2. The van der Waals surface area contributed by atoms with E-state index in [4.69, 9.17) is 41.7 Å². The van der Waals surface area contributed by atoms with Gasteiger partial charge in [-0.05, 0) is 63.5 Å². The van der Waals surface area contributed by atoms with Gasteiger partial charge in [0, 0.05) is 34.9 Å². The molecule has 4 saturated carbocycles. The van der Waals surface area contributed by atoms with Gasteiger partial charge in [0.05, 0.1) is 45.9 Å². The van der Waals surface area contributed by atoms with Gasteiger partial charge in [-0.25, -0.2) is 9.18 Å². The van der Waals surface area contributed by atoms with Crippen molar-refractivity contribution in [3.05, 3.63) is 63.2 Å². The van der Waals surface area contributed by atoms with E-state index in [2.05, 4.69) is 20.3 Å². The highest BCUT2D eigenvalue weighted by Crippen LogP contribution is 2.79. The standard InChI is InChI=1S/C31H27Cl2FN4O6/c1-41-16-10-17(23(34)18(11-16)27(39)40)26-36-28(44-38-26)29-4-6-30(29)7-9-31(30,8-5-29)42-14-19-24(37-43-25(19)15-2-3-15)22-20(32)12-35-13-21(22)33/h10-13,15H,2-9,14H2,1H3,(H,39,40). The monoisotopic (exact) mass is 640 g/mol. The summed E-state index contributed by atoms with van der Waals surface area (Å²) in [6.07, 6.45) is 10.3. The number of halogens is 3. The van der Waals surface area contributed by atoms with E-state index in [9.17, 15) is 9.90 Å². The maximum Gasteiger partial charge on any atom is 0.338 e. The summed E-state index contributed by atoms with van der Waals surface area (Å²) in [6.45, 7) is 0.291. The number of methoxy groups -OCH3 is 1. The average Bonchev–Trinajstić information content (AvgIpc) is 3.53. The van der Waals surface area contributed by atoms with E-state index in [1.54, 1.807) is 0 Å². The van der Waals surface area contributed by atoms with Crippen LogP contribution >= 0.6 is 23.2 Å². The van der Waals surface area contributed by atoms with Crippen molar-refractivity contribution < 1.29 is 32.8 Å². The zero-order valence-electron chi connectivity index (χ0n) is 23.7. The van der Waals surface area contributed by atoms with Crippen LogP contribution in [0.15, 0.2) is 33.6 Å². The first-order chi connectivity index (χ1) is 21.2. The van der Waals surface area contributed by atoms with Crippen molar-refractivity contribution in [1.29, 1.82) is 0 Å². The number of aromatic nitrogens is 4. The molecule has 4 aliphatic carbocycles. The molecule has 4 fully saturated rings. The lowest BCUT2D eigenvalue weighted by atomic mass is 9.39. The Balaban J connectivity index is 1.11. The molecule has 0 amide bonds. The quantitative estimate of drug-likeness (QED) is 0.197. The van der Waals surface area contributed by atoms with Gasteiger partial charge in [-0.15, -0.1) is 0 Å². The molecule has 44 heavy (non-hydrogen) atoms. The molecular weight excluding hydrogens is 614 g/mol. The molecular formula is C31H27Cl2FN4O6. The Kier molecular flexibility index (Phi) is 6.18. The highest BCUT2D eigenvalue weighted by atomic mass is 35.5. The number of nitrogens with zero attached hydrogens (tertiary/aromatic N) is 4. The number of carboxylic acids is 1. The van der Waals surface area contributed by atoms with Gasteiger partial charge in [0.2, 0.25) is 11.7 Å². The van der Waals surface area contributed by atoms with Gasteiger partial charge in [-0.2, -0.15) is 4.98 Å². The third-order valence-corrected chi connectivity index (χ3v) is 11.2. The van der Waals surface area contributed by atoms with Gasteiger partial charge in [0.15, 0.2) is 0 Å². The lowest BCUT2D eigenvalue weighted by Gasteiger charge is -2.67. The number of rotatable bonds is 9. The SMILES string of the molecule is COc1cc(C(=O)O)c(F)c(-c2noc(C34CCC5(OCc6c(-c7c(Cl)cncc7Cl)noc6C6CC6)CCC53CC4)n2)c1. The second-order valence-corrected chi connectivity index (χ2v) is 13.2. The Morgan fingerprint density at radius 3 is 2.43 bits per heavy atom. The molecule has 1 aromatic carbocycles. The van der Waals surface area contributed by atoms with Crippen LogP contribution in [0, 0.1) is 11.2 Å². The number of benzene rings is 1. The van der Waals surface area contributed by atoms with E-state index < -0.39 is 28.4 Å². The Hall–Kier alpha value is -3.54. The molecule has 0 aliphatic heterocycles. The minimum Gasteiger partial charge on any atom is -0.497 e. The van der Waals surface area contributed by atoms with Crippen LogP contribution in [0.3, 0.4) is 0 Å². The second kappa shape index (κ2) is 9.73. The maximum absolute atomic E-state index is 15.2. The number of ether oxygens (including phenoxy) is 2. The Bertz CT molecular complexity index is 1820. The summed E-state index contributed by atoms with van der Waals surface area (Å²) in [5.41, 5.74) is 0.395. The fourth-order valence-electron chi connectivity index (χ4n) is 8.04. The second-order valence-electron chi connectivity index (χ2n) is 12.3. The number of hydrogen-bond donors (Lipinski definition) is 1. The molecule has 1 N–H and O–H groups in total. The molecule has 3 aromatic heterocycles. The fraction of sp³-hybridized carbons (Fsp3) is 0.452. The van der Waals surface area contributed by atoms with E-state index in [-0.39, 0.29) is 22.6 Å². The minimum atomic E-state index is -1.41. The van der Waals surface area contributed by atoms with Crippen molar-refractivity contribution in [2.75, 3.05) is 7.11 Å². The van der Waals surface area contributed by atoms with Crippen molar-refractivity contribution in [3.63, 3.8) is 0 Å². The molecule has 3 heterocycles. The van der Waals surface area contributed by atoms with Crippen LogP contribution in [-0.4, -0.2) is 44.1 Å². The summed E-state index contributed by atoms with van der Waals surface area (Å²) in [7, 11) is 1.38. The van der Waals surface area contributed by atoms with Crippen LogP contribution in [0.4, 0.5) is 4.39 Å². The highest BCUT2D eigenvalue weighted by Gasteiger charge is 2.80. The Morgan fingerprint density at radius 1 is 1.07 bits per heavy atom. The number of aromatic carboxylic acids is 1. The first-order valence-electron chi connectivity index (χ1n) is 14.6. The van der Waals surface area contributed by atoms with Crippen molar-refractivity contribution in [1.82, 2.24) is 20.3 Å². The summed E-state index contributed by atoms with van der Waals surface area (Å²) < 4.78 is 39.0. The summed E-state index contributed by atoms with van der Waals surface area (Å²) in [6, 6.07) is 2.51. The van der Waals surface area contributed by atoms with Crippen molar-refractivity contribution in [2.24, 2.45) is 5.41 Å². The zero-order chi connectivity index (χ0) is 30.4. The molecule has 4 aliphatic rings. The summed E-state index contributed by atoms with van der Waals surface area (Å²) in [5, 5.41) is 18.8. The van der Waals surface area contributed by atoms with Gasteiger partial charge < -0.3 is 23.6 Å². The number of hydrogen-bond acceptors (Lipinski definition) is 9.